The van der Waals surface area contributed by atoms with Gasteiger partial charge in [0.15, 0.2) is 0 Å². The van der Waals surface area contributed by atoms with Crippen LogP contribution in [0.4, 0.5) is 8.78 Å². The van der Waals surface area contributed by atoms with Gasteiger partial charge in [-0.05, 0) is 45.2 Å². The van der Waals surface area contributed by atoms with E-state index in [9.17, 15) is 13.6 Å². The summed E-state index contributed by atoms with van der Waals surface area (Å²) in [5, 5.41) is 7.05. The molecule has 4 aromatic rings. The molecule has 0 aliphatic carbocycles. The van der Waals surface area contributed by atoms with Crippen molar-refractivity contribution in [3.63, 3.8) is 0 Å². The van der Waals surface area contributed by atoms with E-state index >= 15 is 0 Å². The molecule has 124 valence electrons. The van der Waals surface area contributed by atoms with Gasteiger partial charge >= 0.3 is 0 Å². The molecule has 0 aliphatic rings. The number of halogens is 2. The van der Waals surface area contributed by atoms with Crippen molar-refractivity contribution in [3.8, 4) is 11.1 Å². The fraction of sp³-hybridized carbons (Fsp3) is 0.0588. The van der Waals surface area contributed by atoms with Crippen molar-refractivity contribution in [2.75, 3.05) is 0 Å². The average Bonchev–Trinajstić information content (AvgIpc) is 3.04. The van der Waals surface area contributed by atoms with Crippen LogP contribution in [0.25, 0.3) is 22.4 Å². The van der Waals surface area contributed by atoms with E-state index in [0.29, 0.717) is 16.7 Å². The third kappa shape index (κ3) is 2.89. The highest BCUT2D eigenvalue weighted by molar-refractivity contribution is 5.64. The Morgan fingerprint density at radius 1 is 1.00 bits per heavy atom. The molecule has 8 heteroatoms. The maximum absolute atomic E-state index is 14.4. The molecule has 2 heterocycles. The maximum atomic E-state index is 14.4. The van der Waals surface area contributed by atoms with Gasteiger partial charge in [-0.25, -0.2) is 18.4 Å². The summed E-state index contributed by atoms with van der Waals surface area (Å²) in [5.41, 5.74) is 1.53. The van der Waals surface area contributed by atoms with Crippen molar-refractivity contribution < 1.29 is 13.4 Å². The van der Waals surface area contributed by atoms with Gasteiger partial charge < -0.3 is 0 Å². The number of nitrogens with one attached hydrogen (secondary N) is 1. The Hall–Kier alpha value is -3.42. The van der Waals surface area contributed by atoms with Gasteiger partial charge in [-0.1, -0.05) is 24.3 Å². The fourth-order valence-corrected chi connectivity index (χ4v) is 2.51. The predicted molar refractivity (Wildman–Crippen MR) is 84.8 cm³/mol. The van der Waals surface area contributed by atoms with Crippen LogP contribution in [0.3, 0.4) is 0 Å². The number of benzene rings is 2. The molecule has 6 nitrogen and oxygen atoms in total. The first kappa shape index (κ1) is 15.1. The zero-order chi connectivity index (χ0) is 17.4. The number of rotatable bonds is 3. The summed E-state index contributed by atoms with van der Waals surface area (Å²) in [4.78, 5) is 18.5. The maximum Gasteiger partial charge on any atom is 0.271 e. The zero-order valence-electron chi connectivity index (χ0n) is 12.7. The number of aromatic amines is 1. The van der Waals surface area contributed by atoms with E-state index in [1.54, 1.807) is 24.3 Å². The second-order valence-electron chi connectivity index (χ2n) is 5.44. The second kappa shape index (κ2) is 5.90. The third-order valence-electron chi connectivity index (χ3n) is 3.79. The lowest BCUT2D eigenvalue weighted by Gasteiger charge is -2.06. The van der Waals surface area contributed by atoms with Gasteiger partial charge in [0.05, 0.1) is 0 Å². The third-order valence-corrected chi connectivity index (χ3v) is 3.79. The number of hydrogen-bond acceptors (Lipinski definition) is 5. The van der Waals surface area contributed by atoms with E-state index in [0.717, 1.165) is 0 Å². The molecule has 2 aromatic carbocycles. The number of aromatic nitrogens is 4. The summed E-state index contributed by atoms with van der Waals surface area (Å²) in [5.74, 6) is -0.842. The van der Waals surface area contributed by atoms with Crippen molar-refractivity contribution in [1.82, 2.24) is 20.3 Å². The smallest absolute Gasteiger partial charge is 0.271 e. The Balaban J connectivity index is 1.67. The van der Waals surface area contributed by atoms with Gasteiger partial charge in [-0.15, -0.1) is 0 Å². The summed E-state index contributed by atoms with van der Waals surface area (Å²) in [6, 6.07) is 10.4. The molecule has 0 spiro atoms. The Labute approximate surface area is 139 Å². The number of H-pyrrole nitrogens is 1. The van der Waals surface area contributed by atoms with Crippen LogP contribution in [0.15, 0.2) is 51.9 Å². The van der Waals surface area contributed by atoms with Crippen molar-refractivity contribution in [2.24, 2.45) is 0 Å². The van der Waals surface area contributed by atoms with Crippen LogP contribution < -0.4 is 5.56 Å². The van der Waals surface area contributed by atoms with Gasteiger partial charge in [0, 0.05) is 6.42 Å². The van der Waals surface area contributed by atoms with E-state index in [-0.39, 0.29) is 29.2 Å². The summed E-state index contributed by atoms with van der Waals surface area (Å²) >= 11 is 0. The highest BCUT2D eigenvalue weighted by Gasteiger charge is 2.12. The molecular weight excluding hydrogens is 330 g/mol. The molecule has 0 amide bonds. The lowest BCUT2D eigenvalue weighted by Crippen LogP contribution is -2.16. The van der Waals surface area contributed by atoms with Gasteiger partial charge in [0.2, 0.25) is 11.3 Å². The summed E-state index contributed by atoms with van der Waals surface area (Å²) in [6.07, 6.45) is -0.00629. The standard InChI is InChI=1S/C17H10F2N4O2/c18-12-5-3-9(4-6-12)10-1-2-11(13(19)7-10)8-14-17(24)21-16-15(20-14)22-25-23-16/h1-7H,8H2,(H,21,23,24). The van der Waals surface area contributed by atoms with Gasteiger partial charge in [-0.3, -0.25) is 9.78 Å². The quantitative estimate of drug-likeness (QED) is 0.620. The van der Waals surface area contributed by atoms with Crippen LogP contribution in [0.1, 0.15) is 11.3 Å². The monoisotopic (exact) mass is 340 g/mol. The van der Waals surface area contributed by atoms with Crippen LogP contribution in [0.5, 0.6) is 0 Å². The average molecular weight is 340 g/mol. The van der Waals surface area contributed by atoms with Crippen LogP contribution >= 0.6 is 0 Å². The molecular formula is C17H10F2N4O2. The fourth-order valence-electron chi connectivity index (χ4n) is 2.51. The van der Waals surface area contributed by atoms with Crippen molar-refractivity contribution >= 4 is 11.3 Å². The first-order valence-electron chi connectivity index (χ1n) is 7.36. The molecule has 1 N–H and O–H groups in total. The molecule has 0 aliphatic heterocycles. The molecule has 0 unspecified atom stereocenters. The van der Waals surface area contributed by atoms with E-state index < -0.39 is 11.4 Å². The van der Waals surface area contributed by atoms with Gasteiger partial charge in [-0.2, -0.15) is 0 Å². The number of nitrogens with zero attached hydrogens (tertiary/aromatic N) is 3. The van der Waals surface area contributed by atoms with Gasteiger partial charge in [0.25, 0.3) is 5.56 Å². The first-order valence-corrected chi connectivity index (χ1v) is 7.36. The molecule has 0 bridgehead atoms. The Bertz CT molecular complexity index is 1120. The van der Waals surface area contributed by atoms with Crippen LogP contribution in [0, 0.1) is 11.6 Å². The SMILES string of the molecule is O=c1[nH]c2nonc2nc1Cc1ccc(-c2ccc(F)cc2)cc1F. The lowest BCUT2D eigenvalue weighted by atomic mass is 10.0. The Kier molecular flexibility index (Phi) is 3.57. The summed E-state index contributed by atoms with van der Waals surface area (Å²) < 4.78 is 31.9. The normalized spacial score (nSPS) is 11.1. The highest BCUT2D eigenvalue weighted by atomic mass is 19.1. The van der Waals surface area contributed by atoms with Crippen molar-refractivity contribution in [1.29, 1.82) is 0 Å². The molecule has 2 aromatic heterocycles. The largest absolute Gasteiger partial charge is 0.299 e. The van der Waals surface area contributed by atoms with Crippen LogP contribution in [-0.2, 0) is 6.42 Å². The summed E-state index contributed by atoms with van der Waals surface area (Å²) in [6.45, 7) is 0. The number of hydrogen-bond donors (Lipinski definition) is 1. The minimum atomic E-state index is -0.485. The lowest BCUT2D eigenvalue weighted by molar-refractivity contribution is 0.314. The molecule has 0 radical (unpaired) electrons. The zero-order valence-corrected chi connectivity index (χ0v) is 12.7. The minimum absolute atomic E-state index is 0.00629. The molecule has 0 saturated heterocycles. The van der Waals surface area contributed by atoms with E-state index in [1.807, 2.05) is 0 Å². The van der Waals surface area contributed by atoms with E-state index in [2.05, 4.69) is 24.9 Å². The van der Waals surface area contributed by atoms with Crippen LogP contribution in [0.2, 0.25) is 0 Å². The van der Waals surface area contributed by atoms with E-state index in [4.69, 9.17) is 0 Å². The topological polar surface area (TPSA) is 84.7 Å². The van der Waals surface area contributed by atoms with Crippen molar-refractivity contribution in [3.05, 3.63) is 75.7 Å². The number of fused-ring (bicyclic) bond motifs is 1. The molecule has 0 fully saturated rings. The first-order chi connectivity index (χ1) is 12.1. The predicted octanol–water partition coefficient (Wildman–Crippen LogP) is 2.84. The van der Waals surface area contributed by atoms with E-state index in [1.165, 1.54) is 18.2 Å². The van der Waals surface area contributed by atoms with Crippen LogP contribution in [-0.4, -0.2) is 20.3 Å². The molecule has 0 atom stereocenters. The molecule has 25 heavy (non-hydrogen) atoms. The van der Waals surface area contributed by atoms with Crippen molar-refractivity contribution in [2.45, 2.75) is 6.42 Å². The Morgan fingerprint density at radius 2 is 1.76 bits per heavy atom. The molecule has 4 rings (SSSR count). The van der Waals surface area contributed by atoms with Gasteiger partial charge in [0.1, 0.15) is 17.3 Å². The molecule has 0 saturated carbocycles. The Morgan fingerprint density at radius 3 is 2.52 bits per heavy atom. The summed E-state index contributed by atoms with van der Waals surface area (Å²) in [7, 11) is 0. The minimum Gasteiger partial charge on any atom is -0.299 e. The second-order valence-corrected chi connectivity index (χ2v) is 5.44. The highest BCUT2D eigenvalue weighted by Crippen LogP contribution is 2.23.